The number of carbonyl (C=O) groups is 2. The summed E-state index contributed by atoms with van der Waals surface area (Å²) in [4.78, 5) is 27.8. The van der Waals surface area contributed by atoms with Gasteiger partial charge in [0.05, 0.1) is 17.6 Å². The molecule has 20 heavy (non-hydrogen) atoms. The van der Waals surface area contributed by atoms with Gasteiger partial charge in [0, 0.05) is 20.1 Å². The van der Waals surface area contributed by atoms with Crippen LogP contribution in [-0.4, -0.2) is 53.7 Å². The van der Waals surface area contributed by atoms with Crippen molar-refractivity contribution in [2.45, 2.75) is 19.4 Å². The Balaban J connectivity index is 2.16. The highest BCUT2D eigenvalue weighted by Gasteiger charge is 2.41. The van der Waals surface area contributed by atoms with Gasteiger partial charge in [0.2, 0.25) is 5.91 Å². The van der Waals surface area contributed by atoms with E-state index >= 15 is 0 Å². The zero-order valence-corrected chi connectivity index (χ0v) is 12.0. The summed E-state index contributed by atoms with van der Waals surface area (Å²) in [6, 6.07) is 5.93. The van der Waals surface area contributed by atoms with Crippen LogP contribution in [0.1, 0.15) is 24.2 Å². The molecule has 0 aliphatic carbocycles. The highest BCUT2D eigenvalue weighted by molar-refractivity contribution is 5.98. The second kappa shape index (κ2) is 5.32. The summed E-state index contributed by atoms with van der Waals surface area (Å²) in [6.45, 7) is 4.81. The Kier molecular flexibility index (Phi) is 3.90. The fraction of sp³-hybridized carbons (Fsp3) is 0.467. The maximum absolute atomic E-state index is 13.6. The van der Waals surface area contributed by atoms with Crippen LogP contribution in [0, 0.1) is 5.82 Å². The van der Waals surface area contributed by atoms with Gasteiger partial charge in [-0.05, 0) is 26.0 Å². The van der Waals surface area contributed by atoms with Gasteiger partial charge in [-0.2, -0.15) is 0 Å². The topological polar surface area (TPSA) is 40.6 Å². The Hall–Kier alpha value is -1.75. The fourth-order valence-electron chi connectivity index (χ4n) is 2.48. The lowest BCUT2D eigenvalue weighted by molar-refractivity contribution is -0.146. The molecular formula is C15H19FN2O2. The summed E-state index contributed by atoms with van der Waals surface area (Å²) < 4.78 is 13.6. The van der Waals surface area contributed by atoms with Crippen molar-refractivity contribution in [1.82, 2.24) is 9.80 Å². The third kappa shape index (κ3) is 2.58. The number of carbonyl (C=O) groups excluding carboxylic acids is 2. The molecule has 0 radical (unpaired) electrons. The average Bonchev–Trinajstić information content (AvgIpc) is 2.40. The molecule has 5 heteroatoms. The molecule has 0 atom stereocenters. The molecule has 1 aliphatic heterocycles. The van der Waals surface area contributed by atoms with Gasteiger partial charge in [-0.3, -0.25) is 14.5 Å². The van der Waals surface area contributed by atoms with E-state index in [1.54, 1.807) is 37.9 Å². The zero-order chi connectivity index (χ0) is 14.9. The number of nitrogens with zero attached hydrogens (tertiary/aromatic N) is 2. The van der Waals surface area contributed by atoms with Gasteiger partial charge in [0.25, 0.3) is 0 Å². The van der Waals surface area contributed by atoms with Crippen LogP contribution in [0.3, 0.4) is 0 Å². The average molecular weight is 278 g/mol. The second-order valence-corrected chi connectivity index (χ2v) is 5.61. The third-order valence-corrected chi connectivity index (χ3v) is 3.87. The highest BCUT2D eigenvalue weighted by atomic mass is 19.1. The van der Waals surface area contributed by atoms with E-state index in [-0.39, 0.29) is 23.8 Å². The molecule has 1 aromatic carbocycles. The highest BCUT2D eigenvalue weighted by Crippen LogP contribution is 2.22. The maximum Gasteiger partial charge on any atom is 0.242 e. The van der Waals surface area contributed by atoms with E-state index in [1.165, 1.54) is 12.1 Å². The standard InChI is InChI=1S/C15H19FN2O2/c1-15(2)14(20)17(3)8-9-18(15)10-13(19)11-6-4-5-7-12(11)16/h4-7H,8-10H2,1-3H3. The molecule has 1 saturated heterocycles. The largest absolute Gasteiger partial charge is 0.343 e. The summed E-state index contributed by atoms with van der Waals surface area (Å²) in [7, 11) is 1.75. The second-order valence-electron chi connectivity index (χ2n) is 5.61. The monoisotopic (exact) mass is 278 g/mol. The predicted octanol–water partition coefficient (Wildman–Crippen LogP) is 1.56. The van der Waals surface area contributed by atoms with Crippen molar-refractivity contribution in [2.75, 3.05) is 26.7 Å². The predicted molar refractivity (Wildman–Crippen MR) is 74.0 cm³/mol. The lowest BCUT2D eigenvalue weighted by atomic mass is 9.96. The molecule has 1 aliphatic rings. The number of ketones is 1. The van der Waals surface area contributed by atoms with Gasteiger partial charge >= 0.3 is 0 Å². The lowest BCUT2D eigenvalue weighted by Crippen LogP contribution is -2.62. The summed E-state index contributed by atoms with van der Waals surface area (Å²) >= 11 is 0. The van der Waals surface area contributed by atoms with E-state index in [0.29, 0.717) is 13.1 Å². The number of halogens is 1. The van der Waals surface area contributed by atoms with Crippen molar-refractivity contribution in [3.63, 3.8) is 0 Å². The first-order valence-electron chi connectivity index (χ1n) is 6.62. The summed E-state index contributed by atoms with van der Waals surface area (Å²) in [6.07, 6.45) is 0. The lowest BCUT2D eigenvalue weighted by Gasteiger charge is -2.44. The molecular weight excluding hydrogens is 259 g/mol. The Morgan fingerprint density at radius 2 is 1.95 bits per heavy atom. The maximum atomic E-state index is 13.6. The molecule has 0 aromatic heterocycles. The van der Waals surface area contributed by atoms with Gasteiger partial charge in [0.1, 0.15) is 5.82 Å². The van der Waals surface area contributed by atoms with E-state index in [1.807, 2.05) is 4.90 Å². The van der Waals surface area contributed by atoms with Crippen LogP contribution < -0.4 is 0 Å². The molecule has 0 unspecified atom stereocenters. The smallest absolute Gasteiger partial charge is 0.242 e. The molecule has 1 aromatic rings. The third-order valence-electron chi connectivity index (χ3n) is 3.87. The van der Waals surface area contributed by atoms with Crippen molar-refractivity contribution in [3.8, 4) is 0 Å². The number of amides is 1. The fourth-order valence-corrected chi connectivity index (χ4v) is 2.48. The first-order chi connectivity index (χ1) is 9.34. The molecule has 2 rings (SSSR count). The first kappa shape index (κ1) is 14.7. The summed E-state index contributed by atoms with van der Waals surface area (Å²) in [5.41, 5.74) is -0.664. The normalized spacial score (nSPS) is 19.2. The molecule has 1 heterocycles. The SMILES string of the molecule is CN1CCN(CC(=O)c2ccccc2F)C(C)(C)C1=O. The minimum absolute atomic E-state index is 0.0231. The van der Waals surface area contributed by atoms with Crippen molar-refractivity contribution >= 4 is 11.7 Å². The molecule has 0 spiro atoms. The Bertz CT molecular complexity index is 542. The van der Waals surface area contributed by atoms with Crippen molar-refractivity contribution in [1.29, 1.82) is 0 Å². The van der Waals surface area contributed by atoms with Crippen molar-refractivity contribution < 1.29 is 14.0 Å². The van der Waals surface area contributed by atoms with Crippen LogP contribution in [-0.2, 0) is 4.79 Å². The van der Waals surface area contributed by atoms with E-state index in [4.69, 9.17) is 0 Å². The molecule has 1 fully saturated rings. The van der Waals surface area contributed by atoms with Crippen LogP contribution >= 0.6 is 0 Å². The van der Waals surface area contributed by atoms with Crippen LogP contribution in [0.5, 0.6) is 0 Å². The van der Waals surface area contributed by atoms with E-state index in [9.17, 15) is 14.0 Å². The van der Waals surface area contributed by atoms with E-state index in [0.717, 1.165) is 0 Å². The Labute approximate surface area is 118 Å². The van der Waals surface area contributed by atoms with Gasteiger partial charge in [-0.1, -0.05) is 12.1 Å². The van der Waals surface area contributed by atoms with Gasteiger partial charge < -0.3 is 4.90 Å². The number of benzene rings is 1. The molecule has 4 nitrogen and oxygen atoms in total. The van der Waals surface area contributed by atoms with Gasteiger partial charge in [0.15, 0.2) is 5.78 Å². The van der Waals surface area contributed by atoms with Crippen LogP contribution in [0.25, 0.3) is 0 Å². The van der Waals surface area contributed by atoms with E-state index in [2.05, 4.69) is 0 Å². The molecule has 0 bridgehead atoms. The molecule has 0 saturated carbocycles. The Morgan fingerprint density at radius 3 is 2.60 bits per heavy atom. The van der Waals surface area contributed by atoms with E-state index < -0.39 is 11.4 Å². The van der Waals surface area contributed by atoms with Crippen LogP contribution in [0.15, 0.2) is 24.3 Å². The number of likely N-dealkylation sites (N-methyl/N-ethyl adjacent to an activating group) is 1. The number of hydrogen-bond donors (Lipinski definition) is 0. The quantitative estimate of drug-likeness (QED) is 0.788. The van der Waals surface area contributed by atoms with Crippen LogP contribution in [0.4, 0.5) is 4.39 Å². The zero-order valence-electron chi connectivity index (χ0n) is 12.0. The van der Waals surface area contributed by atoms with Crippen molar-refractivity contribution in [3.05, 3.63) is 35.6 Å². The summed E-state index contributed by atoms with van der Waals surface area (Å²) in [5.74, 6) is -0.839. The van der Waals surface area contributed by atoms with Crippen LogP contribution in [0.2, 0.25) is 0 Å². The minimum atomic E-state index is -0.742. The number of Topliss-reactive ketones (excluding diaryl/α,β-unsaturated/α-hetero) is 1. The number of piperazine rings is 1. The number of rotatable bonds is 3. The Morgan fingerprint density at radius 1 is 1.30 bits per heavy atom. The van der Waals surface area contributed by atoms with Crippen molar-refractivity contribution in [2.24, 2.45) is 0 Å². The molecule has 0 N–H and O–H groups in total. The minimum Gasteiger partial charge on any atom is -0.343 e. The van der Waals surface area contributed by atoms with Gasteiger partial charge in [-0.15, -0.1) is 0 Å². The molecule has 108 valence electrons. The van der Waals surface area contributed by atoms with Gasteiger partial charge in [-0.25, -0.2) is 4.39 Å². The number of hydrogen-bond acceptors (Lipinski definition) is 3. The molecule has 1 amide bonds. The first-order valence-corrected chi connectivity index (χ1v) is 6.62. The summed E-state index contributed by atoms with van der Waals surface area (Å²) in [5, 5.41) is 0.